The van der Waals surface area contributed by atoms with Gasteiger partial charge in [-0.1, -0.05) is 39.3 Å². The minimum Gasteiger partial charge on any atom is -0.287 e. The molecule has 0 amide bonds. The van der Waals surface area contributed by atoms with Crippen molar-refractivity contribution < 1.29 is 16.8 Å². The minimum atomic E-state index is -3.81. The zero-order valence-electron chi connectivity index (χ0n) is 15.7. The van der Waals surface area contributed by atoms with Crippen molar-refractivity contribution in [3.8, 4) is 0 Å². The SMILES string of the molecule is CCCC=CNS(=O)(=O)c1cc(S(=O)(=O)C(C)CC)c(CC)cc1C. The van der Waals surface area contributed by atoms with E-state index in [4.69, 9.17) is 0 Å². The fourth-order valence-corrected chi connectivity index (χ4v) is 5.40. The van der Waals surface area contributed by atoms with Crippen LogP contribution in [-0.4, -0.2) is 22.1 Å². The Hall–Kier alpha value is -1.34. The fourth-order valence-electron chi connectivity index (χ4n) is 2.45. The number of hydrogen-bond acceptors (Lipinski definition) is 4. The molecular weight excluding hydrogens is 358 g/mol. The third-order valence-electron chi connectivity index (χ3n) is 4.24. The lowest BCUT2D eigenvalue weighted by Crippen LogP contribution is -2.22. The molecule has 1 atom stereocenters. The lowest BCUT2D eigenvalue weighted by Gasteiger charge is -2.17. The van der Waals surface area contributed by atoms with Crippen LogP contribution in [0.5, 0.6) is 0 Å². The maximum Gasteiger partial charge on any atom is 0.261 e. The molecule has 5 nitrogen and oxygen atoms in total. The Morgan fingerprint density at radius 1 is 1.08 bits per heavy atom. The molecule has 0 heterocycles. The van der Waals surface area contributed by atoms with E-state index in [0.717, 1.165) is 12.8 Å². The van der Waals surface area contributed by atoms with Crippen molar-refractivity contribution in [2.75, 3.05) is 0 Å². The molecule has 0 bridgehead atoms. The third kappa shape index (κ3) is 5.07. The Labute approximate surface area is 152 Å². The van der Waals surface area contributed by atoms with Crippen LogP contribution in [0, 0.1) is 6.92 Å². The van der Waals surface area contributed by atoms with E-state index in [9.17, 15) is 16.8 Å². The topological polar surface area (TPSA) is 80.3 Å². The van der Waals surface area contributed by atoms with E-state index < -0.39 is 25.1 Å². The van der Waals surface area contributed by atoms with E-state index in [1.807, 2.05) is 13.8 Å². The predicted molar refractivity (Wildman–Crippen MR) is 102 cm³/mol. The molecule has 1 aromatic carbocycles. The second kappa shape index (κ2) is 8.85. The highest BCUT2D eigenvalue weighted by molar-refractivity contribution is 7.92. The second-order valence-corrected chi connectivity index (χ2v) is 10.2. The molecule has 0 radical (unpaired) electrons. The first-order valence-corrected chi connectivity index (χ1v) is 11.7. The van der Waals surface area contributed by atoms with Gasteiger partial charge in [-0.05, 0) is 50.3 Å². The number of allylic oxidation sites excluding steroid dienone is 1. The number of unbranched alkanes of at least 4 members (excludes halogenated alkanes) is 1. The number of nitrogens with one attached hydrogen (secondary N) is 1. The highest BCUT2D eigenvalue weighted by atomic mass is 32.2. The summed E-state index contributed by atoms with van der Waals surface area (Å²) in [6.07, 6.45) is 5.82. The van der Waals surface area contributed by atoms with Crippen LogP contribution in [0.4, 0.5) is 0 Å². The van der Waals surface area contributed by atoms with E-state index in [1.165, 1.54) is 12.3 Å². The van der Waals surface area contributed by atoms with Gasteiger partial charge in [0.05, 0.1) is 15.0 Å². The molecule has 0 saturated heterocycles. The van der Waals surface area contributed by atoms with Crippen molar-refractivity contribution in [1.29, 1.82) is 0 Å². The predicted octanol–water partition coefficient (Wildman–Crippen LogP) is 3.72. The summed E-state index contributed by atoms with van der Waals surface area (Å²) >= 11 is 0. The van der Waals surface area contributed by atoms with Crippen molar-refractivity contribution in [3.63, 3.8) is 0 Å². The van der Waals surface area contributed by atoms with Crippen LogP contribution in [0.15, 0.2) is 34.2 Å². The standard InChI is InChI=1S/C18H29NO4S2/c1-6-9-10-11-19-25(22,23)17-13-18(16(8-3)12-14(17)4)24(20,21)15(5)7-2/h10-13,15,19H,6-9H2,1-5H3. The zero-order chi connectivity index (χ0) is 19.3. The van der Waals surface area contributed by atoms with Crippen molar-refractivity contribution >= 4 is 19.9 Å². The molecule has 1 aromatic rings. The first-order valence-electron chi connectivity index (χ1n) is 8.66. The summed E-state index contributed by atoms with van der Waals surface area (Å²) in [6.45, 7) is 9.00. The average Bonchev–Trinajstić information content (AvgIpc) is 2.57. The Balaban J connectivity index is 3.47. The van der Waals surface area contributed by atoms with E-state index in [0.29, 0.717) is 24.0 Å². The summed E-state index contributed by atoms with van der Waals surface area (Å²) in [6, 6.07) is 2.98. The van der Waals surface area contributed by atoms with Gasteiger partial charge in [-0.3, -0.25) is 4.72 Å². The normalized spacial score (nSPS) is 14.0. The van der Waals surface area contributed by atoms with Gasteiger partial charge >= 0.3 is 0 Å². The van der Waals surface area contributed by atoms with Gasteiger partial charge in [0, 0.05) is 6.20 Å². The van der Waals surface area contributed by atoms with Crippen LogP contribution < -0.4 is 4.72 Å². The Morgan fingerprint density at radius 3 is 2.24 bits per heavy atom. The second-order valence-electron chi connectivity index (χ2n) is 6.16. The average molecular weight is 388 g/mol. The summed E-state index contributed by atoms with van der Waals surface area (Å²) in [7, 11) is -7.38. The molecule has 25 heavy (non-hydrogen) atoms. The van der Waals surface area contributed by atoms with E-state index in [2.05, 4.69) is 4.72 Å². The maximum absolute atomic E-state index is 12.8. The molecule has 0 saturated carbocycles. The molecule has 0 aliphatic carbocycles. The van der Waals surface area contributed by atoms with Crippen LogP contribution in [0.2, 0.25) is 0 Å². The molecule has 0 fully saturated rings. The van der Waals surface area contributed by atoms with Crippen molar-refractivity contribution in [2.24, 2.45) is 0 Å². The van der Waals surface area contributed by atoms with Crippen molar-refractivity contribution in [3.05, 3.63) is 35.5 Å². The number of sulfonamides is 1. The Bertz CT molecular complexity index is 825. The summed E-state index contributed by atoms with van der Waals surface area (Å²) in [4.78, 5) is 0.126. The Kier molecular flexibility index (Phi) is 7.68. The van der Waals surface area contributed by atoms with Gasteiger partial charge in [0.15, 0.2) is 9.84 Å². The number of sulfone groups is 1. The Morgan fingerprint density at radius 2 is 1.72 bits per heavy atom. The van der Waals surface area contributed by atoms with Crippen LogP contribution in [-0.2, 0) is 26.3 Å². The quantitative estimate of drug-likeness (QED) is 0.700. The molecule has 0 aliphatic heterocycles. The molecule has 1 unspecified atom stereocenters. The maximum atomic E-state index is 12.8. The van der Waals surface area contributed by atoms with Gasteiger partial charge in [-0.2, -0.15) is 0 Å². The number of aryl methyl sites for hydroxylation is 2. The van der Waals surface area contributed by atoms with Crippen molar-refractivity contribution in [2.45, 2.75) is 75.3 Å². The lowest BCUT2D eigenvalue weighted by molar-refractivity contribution is 0.579. The number of rotatable bonds is 9. The fraction of sp³-hybridized carbons (Fsp3) is 0.556. The smallest absolute Gasteiger partial charge is 0.261 e. The van der Waals surface area contributed by atoms with Gasteiger partial charge in [-0.25, -0.2) is 16.8 Å². The van der Waals surface area contributed by atoms with Crippen molar-refractivity contribution in [1.82, 2.24) is 4.72 Å². The van der Waals surface area contributed by atoms with Gasteiger partial charge in [0.1, 0.15) is 0 Å². The van der Waals surface area contributed by atoms with Crippen LogP contribution in [0.25, 0.3) is 0 Å². The van der Waals surface area contributed by atoms with E-state index in [1.54, 1.807) is 32.9 Å². The summed E-state index contributed by atoms with van der Waals surface area (Å²) < 4.78 is 53.2. The summed E-state index contributed by atoms with van der Waals surface area (Å²) in [5.41, 5.74) is 1.19. The zero-order valence-corrected chi connectivity index (χ0v) is 17.3. The lowest BCUT2D eigenvalue weighted by atomic mass is 10.1. The highest BCUT2D eigenvalue weighted by Crippen LogP contribution is 2.28. The van der Waals surface area contributed by atoms with Gasteiger partial charge in [0.2, 0.25) is 0 Å². The van der Waals surface area contributed by atoms with Crippen LogP contribution in [0.3, 0.4) is 0 Å². The summed E-state index contributed by atoms with van der Waals surface area (Å²) in [5.74, 6) is 0. The van der Waals surface area contributed by atoms with Gasteiger partial charge in [-0.15, -0.1) is 0 Å². The third-order valence-corrected chi connectivity index (χ3v) is 8.09. The van der Waals surface area contributed by atoms with Gasteiger partial charge < -0.3 is 0 Å². The number of hydrogen-bond donors (Lipinski definition) is 1. The molecule has 0 aromatic heterocycles. The molecule has 0 spiro atoms. The molecule has 142 valence electrons. The summed E-state index contributed by atoms with van der Waals surface area (Å²) in [5, 5.41) is -0.562. The monoisotopic (exact) mass is 387 g/mol. The van der Waals surface area contributed by atoms with Gasteiger partial charge in [0.25, 0.3) is 10.0 Å². The van der Waals surface area contributed by atoms with E-state index >= 15 is 0 Å². The van der Waals surface area contributed by atoms with E-state index in [-0.39, 0.29) is 9.79 Å². The largest absolute Gasteiger partial charge is 0.287 e. The highest BCUT2D eigenvalue weighted by Gasteiger charge is 2.27. The first-order chi connectivity index (χ1) is 11.6. The van der Waals surface area contributed by atoms with Crippen LogP contribution >= 0.6 is 0 Å². The van der Waals surface area contributed by atoms with Crippen LogP contribution in [0.1, 0.15) is 58.1 Å². The molecular formula is C18H29NO4S2. The number of benzene rings is 1. The first kappa shape index (κ1) is 21.7. The molecule has 7 heteroatoms. The molecule has 1 N–H and O–H groups in total. The molecule has 1 rings (SSSR count). The minimum absolute atomic E-state index is 0.00715. The molecule has 0 aliphatic rings.